The number of amides is 1. The highest BCUT2D eigenvalue weighted by atomic mass is 32.2. The van der Waals surface area contributed by atoms with Gasteiger partial charge in [0.2, 0.25) is 5.91 Å². The number of nitrogens with zero attached hydrogens (tertiary/aromatic N) is 4. The molecule has 1 amide bonds. The minimum absolute atomic E-state index is 0.0741. The number of aromatic nitrogens is 3. The Kier molecular flexibility index (Phi) is 9.32. The van der Waals surface area contributed by atoms with Crippen LogP contribution in [-0.2, 0) is 9.53 Å². The number of hydrogen-bond acceptors (Lipinski definition) is 8. The normalized spacial score (nSPS) is 14.4. The number of carbonyl (C=O) groups is 1. The molecule has 1 unspecified atom stereocenters. The fraction of sp³-hybridized carbons (Fsp3) is 0.407. The van der Waals surface area contributed by atoms with Crippen molar-refractivity contribution in [1.82, 2.24) is 25.4 Å². The van der Waals surface area contributed by atoms with E-state index in [1.807, 2.05) is 43.7 Å². The van der Waals surface area contributed by atoms with Crippen molar-refractivity contribution >= 4 is 23.4 Å². The van der Waals surface area contributed by atoms with Gasteiger partial charge in [-0.15, -0.1) is 22.0 Å². The van der Waals surface area contributed by atoms with Crippen LogP contribution in [0.2, 0.25) is 0 Å². The van der Waals surface area contributed by atoms with E-state index >= 15 is 0 Å². The Labute approximate surface area is 222 Å². The van der Waals surface area contributed by atoms with Gasteiger partial charge in [0.05, 0.1) is 38.1 Å². The van der Waals surface area contributed by atoms with Crippen LogP contribution in [-0.4, -0.2) is 72.6 Å². The summed E-state index contributed by atoms with van der Waals surface area (Å²) >= 11 is 1.76. The Balaban J connectivity index is 1.68. The number of aryl methyl sites for hydroxylation is 1. The quantitative estimate of drug-likeness (QED) is 0.278. The largest absolute Gasteiger partial charge is 0.497 e. The van der Waals surface area contributed by atoms with Gasteiger partial charge in [-0.3, -0.25) is 14.4 Å². The van der Waals surface area contributed by atoms with E-state index in [2.05, 4.69) is 45.1 Å². The molecule has 9 nitrogen and oxygen atoms in total. The van der Waals surface area contributed by atoms with Crippen LogP contribution >= 0.6 is 11.8 Å². The predicted octanol–water partition coefficient (Wildman–Crippen LogP) is 3.33. The number of benzene rings is 2. The molecule has 10 heteroatoms. The number of nitrogens with one attached hydrogen (secondary N) is 2. The molecule has 4 rings (SSSR count). The van der Waals surface area contributed by atoms with Crippen molar-refractivity contribution < 1.29 is 14.3 Å². The van der Waals surface area contributed by atoms with Gasteiger partial charge in [0, 0.05) is 34.9 Å². The number of likely N-dealkylation sites (N-methyl/N-ethyl adjacent to an activating group) is 1. The molecule has 1 aliphatic rings. The van der Waals surface area contributed by atoms with Gasteiger partial charge < -0.3 is 20.1 Å². The topological polar surface area (TPSA) is 103 Å². The lowest BCUT2D eigenvalue weighted by molar-refractivity contribution is -0.121. The van der Waals surface area contributed by atoms with Gasteiger partial charge in [-0.1, -0.05) is 12.1 Å². The van der Waals surface area contributed by atoms with Gasteiger partial charge >= 0.3 is 0 Å². The second kappa shape index (κ2) is 12.8. The summed E-state index contributed by atoms with van der Waals surface area (Å²) in [5, 5.41) is 14.7. The Hall–Kier alpha value is -3.21. The lowest BCUT2D eigenvalue weighted by Gasteiger charge is -2.14. The molecular formula is C27H34N6O3S. The number of fused-ring (bicyclic) bond motifs is 3. The summed E-state index contributed by atoms with van der Waals surface area (Å²) in [6.45, 7) is 6.64. The fourth-order valence-electron chi connectivity index (χ4n) is 4.22. The number of ether oxygens (including phenoxy) is 2. The molecule has 0 saturated heterocycles. The van der Waals surface area contributed by atoms with E-state index in [1.165, 1.54) is 0 Å². The van der Waals surface area contributed by atoms with Crippen molar-refractivity contribution in [1.29, 1.82) is 0 Å². The monoisotopic (exact) mass is 522 g/mol. The van der Waals surface area contributed by atoms with Gasteiger partial charge in [-0.25, -0.2) is 0 Å². The van der Waals surface area contributed by atoms with Crippen LogP contribution in [0.3, 0.4) is 0 Å². The van der Waals surface area contributed by atoms with Crippen molar-refractivity contribution in [3.05, 3.63) is 65.2 Å². The standard InChI is InChI=1S/C27H34N6O3S/c1-5-29-25(34)17-23-27-32-31-18(2)33(27)24-11-8-20(35-4)16-22(24)26(30-23)19-6-9-21(10-7-19)37-15-14-36-13-12-28-3/h6-11,16,23,28H,5,12-15,17H2,1-4H3,(H,29,34). The Morgan fingerprint density at radius 1 is 1.14 bits per heavy atom. The maximum atomic E-state index is 12.6. The minimum atomic E-state index is -0.482. The fourth-order valence-corrected chi connectivity index (χ4v) is 4.98. The molecule has 0 aliphatic carbocycles. The van der Waals surface area contributed by atoms with E-state index in [1.54, 1.807) is 18.9 Å². The highest BCUT2D eigenvalue weighted by Crippen LogP contribution is 2.34. The summed E-state index contributed by atoms with van der Waals surface area (Å²) in [5.41, 5.74) is 3.56. The zero-order valence-corrected chi connectivity index (χ0v) is 22.6. The SMILES string of the molecule is CCNC(=O)CC1N=C(c2ccc(SCCOCCNC)cc2)c2cc(OC)ccc2-n2c(C)nnc21. The van der Waals surface area contributed by atoms with E-state index < -0.39 is 6.04 Å². The molecule has 0 bridgehead atoms. The summed E-state index contributed by atoms with van der Waals surface area (Å²) in [6.07, 6.45) is 0.183. The van der Waals surface area contributed by atoms with Crippen LogP contribution in [0.15, 0.2) is 52.4 Å². The Bertz CT molecular complexity index is 1240. The molecule has 1 atom stereocenters. The first kappa shape index (κ1) is 26.8. The van der Waals surface area contributed by atoms with E-state index in [0.717, 1.165) is 51.3 Å². The Morgan fingerprint density at radius 2 is 1.95 bits per heavy atom. The van der Waals surface area contributed by atoms with Crippen molar-refractivity contribution in [3.63, 3.8) is 0 Å². The molecular weight excluding hydrogens is 488 g/mol. The molecule has 37 heavy (non-hydrogen) atoms. The van der Waals surface area contributed by atoms with Crippen LogP contribution in [0.4, 0.5) is 0 Å². The molecule has 2 N–H and O–H groups in total. The van der Waals surface area contributed by atoms with Gasteiger partial charge in [-0.2, -0.15) is 0 Å². The number of carbonyl (C=O) groups excluding carboxylic acids is 1. The van der Waals surface area contributed by atoms with E-state index in [4.69, 9.17) is 14.5 Å². The molecule has 0 radical (unpaired) electrons. The van der Waals surface area contributed by atoms with E-state index in [0.29, 0.717) is 25.6 Å². The van der Waals surface area contributed by atoms with Crippen LogP contribution in [0.5, 0.6) is 5.75 Å². The Morgan fingerprint density at radius 3 is 2.68 bits per heavy atom. The highest BCUT2D eigenvalue weighted by molar-refractivity contribution is 7.99. The number of rotatable bonds is 12. The number of aliphatic imine (C=N–C) groups is 1. The summed E-state index contributed by atoms with van der Waals surface area (Å²) in [5.74, 6) is 2.92. The molecule has 196 valence electrons. The molecule has 0 saturated carbocycles. The van der Waals surface area contributed by atoms with Gasteiger partial charge in [0.15, 0.2) is 5.82 Å². The van der Waals surface area contributed by atoms with Crippen LogP contribution < -0.4 is 15.4 Å². The average Bonchev–Trinajstić information content (AvgIpc) is 3.23. The third-order valence-electron chi connectivity index (χ3n) is 6.01. The van der Waals surface area contributed by atoms with Crippen LogP contribution in [0, 0.1) is 6.92 Å². The summed E-state index contributed by atoms with van der Waals surface area (Å²) in [4.78, 5) is 18.9. The highest BCUT2D eigenvalue weighted by Gasteiger charge is 2.29. The minimum Gasteiger partial charge on any atom is -0.497 e. The smallest absolute Gasteiger partial charge is 0.222 e. The average molecular weight is 523 g/mol. The van der Waals surface area contributed by atoms with Gasteiger partial charge in [0.25, 0.3) is 0 Å². The van der Waals surface area contributed by atoms with Crippen LogP contribution in [0.1, 0.15) is 42.2 Å². The first-order valence-electron chi connectivity index (χ1n) is 12.5. The molecule has 1 aromatic heterocycles. The van der Waals surface area contributed by atoms with Crippen molar-refractivity contribution in [2.75, 3.05) is 46.2 Å². The van der Waals surface area contributed by atoms with Gasteiger partial charge in [0.1, 0.15) is 17.6 Å². The van der Waals surface area contributed by atoms with Crippen LogP contribution in [0.25, 0.3) is 5.69 Å². The first-order chi connectivity index (χ1) is 18.0. The number of hydrogen-bond donors (Lipinski definition) is 2. The van der Waals surface area contributed by atoms with Crippen molar-refractivity contribution in [3.8, 4) is 11.4 Å². The molecule has 2 aromatic carbocycles. The zero-order chi connectivity index (χ0) is 26.2. The van der Waals surface area contributed by atoms with Crippen molar-refractivity contribution in [2.45, 2.75) is 31.2 Å². The molecule has 1 aliphatic heterocycles. The second-order valence-electron chi connectivity index (χ2n) is 8.56. The summed E-state index contributed by atoms with van der Waals surface area (Å²) in [6, 6.07) is 13.8. The molecule has 2 heterocycles. The first-order valence-corrected chi connectivity index (χ1v) is 13.4. The van der Waals surface area contributed by atoms with Crippen molar-refractivity contribution in [2.24, 2.45) is 4.99 Å². The predicted molar refractivity (Wildman–Crippen MR) is 146 cm³/mol. The number of methoxy groups -OCH3 is 1. The lowest BCUT2D eigenvalue weighted by Crippen LogP contribution is -2.25. The second-order valence-corrected chi connectivity index (χ2v) is 9.73. The van der Waals surface area contributed by atoms with E-state index in [-0.39, 0.29) is 12.3 Å². The van der Waals surface area contributed by atoms with E-state index in [9.17, 15) is 4.79 Å². The third-order valence-corrected chi connectivity index (χ3v) is 6.98. The molecule has 0 fully saturated rings. The lowest BCUT2D eigenvalue weighted by atomic mass is 10.00. The summed E-state index contributed by atoms with van der Waals surface area (Å²) in [7, 11) is 3.57. The maximum absolute atomic E-state index is 12.6. The maximum Gasteiger partial charge on any atom is 0.222 e. The molecule has 0 spiro atoms. The summed E-state index contributed by atoms with van der Waals surface area (Å²) < 4.78 is 13.2. The third kappa shape index (κ3) is 6.38. The molecule has 3 aromatic rings. The zero-order valence-electron chi connectivity index (χ0n) is 21.8. The number of thioether (sulfide) groups is 1. The van der Waals surface area contributed by atoms with Gasteiger partial charge in [-0.05, 0) is 51.2 Å².